The number of fused-ring (bicyclic) bond motifs is 2. The molecular weight excluding hydrogens is 248 g/mol. The van der Waals surface area contributed by atoms with Gasteiger partial charge in [0.25, 0.3) is 0 Å². The van der Waals surface area contributed by atoms with Gasteiger partial charge in [0.1, 0.15) is 11.5 Å². The highest BCUT2D eigenvalue weighted by atomic mass is 15.2. The number of benzene rings is 1. The van der Waals surface area contributed by atoms with Crippen molar-refractivity contribution in [1.29, 1.82) is 0 Å². The summed E-state index contributed by atoms with van der Waals surface area (Å²) in [7, 11) is 0. The SMILES string of the molecule is c1ccc2c(c1)CNCCN2c1cccc2nccn12. The van der Waals surface area contributed by atoms with E-state index < -0.39 is 0 Å². The number of hydrogen-bond donors (Lipinski definition) is 1. The summed E-state index contributed by atoms with van der Waals surface area (Å²) in [5, 5.41) is 3.48. The summed E-state index contributed by atoms with van der Waals surface area (Å²) in [5.41, 5.74) is 3.60. The maximum Gasteiger partial charge on any atom is 0.138 e. The van der Waals surface area contributed by atoms with Crippen LogP contribution in [-0.4, -0.2) is 22.5 Å². The highest BCUT2D eigenvalue weighted by molar-refractivity contribution is 5.66. The molecule has 0 spiro atoms. The van der Waals surface area contributed by atoms with Gasteiger partial charge in [-0.1, -0.05) is 24.3 Å². The van der Waals surface area contributed by atoms with Gasteiger partial charge in [0.15, 0.2) is 0 Å². The average molecular weight is 264 g/mol. The molecule has 4 rings (SSSR count). The van der Waals surface area contributed by atoms with E-state index in [1.807, 2.05) is 18.5 Å². The second-order valence-corrected chi connectivity index (χ2v) is 5.00. The summed E-state index contributed by atoms with van der Waals surface area (Å²) < 4.78 is 2.14. The number of nitrogens with zero attached hydrogens (tertiary/aromatic N) is 3. The monoisotopic (exact) mass is 264 g/mol. The highest BCUT2D eigenvalue weighted by Gasteiger charge is 2.17. The molecule has 2 aromatic heterocycles. The van der Waals surface area contributed by atoms with Crippen LogP contribution < -0.4 is 10.2 Å². The van der Waals surface area contributed by atoms with Crippen molar-refractivity contribution in [3.05, 3.63) is 60.4 Å². The molecule has 0 saturated carbocycles. The van der Waals surface area contributed by atoms with Gasteiger partial charge in [0, 0.05) is 37.7 Å². The molecule has 0 amide bonds. The molecule has 20 heavy (non-hydrogen) atoms. The summed E-state index contributed by atoms with van der Waals surface area (Å²) in [6, 6.07) is 14.8. The Labute approximate surface area is 117 Å². The third-order valence-electron chi connectivity index (χ3n) is 3.79. The summed E-state index contributed by atoms with van der Waals surface area (Å²) in [4.78, 5) is 6.74. The van der Waals surface area contributed by atoms with Crippen molar-refractivity contribution in [1.82, 2.24) is 14.7 Å². The molecule has 0 bridgehead atoms. The van der Waals surface area contributed by atoms with Crippen molar-refractivity contribution in [2.75, 3.05) is 18.0 Å². The third-order valence-corrected chi connectivity index (χ3v) is 3.79. The van der Waals surface area contributed by atoms with Gasteiger partial charge in [-0.2, -0.15) is 0 Å². The van der Waals surface area contributed by atoms with Crippen molar-refractivity contribution in [3.63, 3.8) is 0 Å². The zero-order valence-electron chi connectivity index (χ0n) is 11.2. The van der Waals surface area contributed by atoms with Crippen LogP contribution in [0.15, 0.2) is 54.9 Å². The van der Waals surface area contributed by atoms with Crippen molar-refractivity contribution in [2.24, 2.45) is 0 Å². The lowest BCUT2D eigenvalue weighted by atomic mass is 10.1. The van der Waals surface area contributed by atoms with Crippen LogP contribution in [0.2, 0.25) is 0 Å². The van der Waals surface area contributed by atoms with Gasteiger partial charge in [-0.05, 0) is 23.8 Å². The van der Waals surface area contributed by atoms with E-state index in [1.165, 1.54) is 11.3 Å². The maximum absolute atomic E-state index is 4.37. The molecule has 3 aromatic rings. The number of pyridine rings is 1. The van der Waals surface area contributed by atoms with Gasteiger partial charge in [-0.3, -0.25) is 4.40 Å². The molecule has 0 fully saturated rings. The lowest BCUT2D eigenvalue weighted by molar-refractivity contribution is 0.710. The Hall–Kier alpha value is -2.33. The average Bonchev–Trinajstić information content (AvgIpc) is 2.87. The molecule has 1 aliphatic heterocycles. The Kier molecular flexibility index (Phi) is 2.67. The van der Waals surface area contributed by atoms with Gasteiger partial charge < -0.3 is 10.2 Å². The van der Waals surface area contributed by atoms with E-state index >= 15 is 0 Å². The Balaban J connectivity index is 1.91. The van der Waals surface area contributed by atoms with Crippen LogP contribution in [0.5, 0.6) is 0 Å². The van der Waals surface area contributed by atoms with E-state index in [4.69, 9.17) is 0 Å². The minimum Gasteiger partial charge on any atom is -0.326 e. The molecule has 4 heteroatoms. The molecule has 3 heterocycles. The first-order chi connectivity index (χ1) is 9.93. The molecule has 0 saturated heterocycles. The van der Waals surface area contributed by atoms with E-state index in [0.717, 1.165) is 31.1 Å². The molecule has 0 radical (unpaired) electrons. The number of imidazole rings is 1. The fraction of sp³-hybridized carbons (Fsp3) is 0.188. The van der Waals surface area contributed by atoms with Crippen molar-refractivity contribution >= 4 is 17.2 Å². The summed E-state index contributed by atoms with van der Waals surface area (Å²) in [6.45, 7) is 2.85. The minimum absolute atomic E-state index is 0.923. The van der Waals surface area contributed by atoms with Crippen LogP contribution in [-0.2, 0) is 6.54 Å². The van der Waals surface area contributed by atoms with Gasteiger partial charge in [-0.15, -0.1) is 0 Å². The lowest BCUT2D eigenvalue weighted by Gasteiger charge is -2.25. The molecule has 0 atom stereocenters. The smallest absolute Gasteiger partial charge is 0.138 e. The number of rotatable bonds is 1. The predicted octanol–water partition coefficient (Wildman–Crippen LogP) is 2.58. The fourth-order valence-electron chi connectivity index (χ4n) is 2.85. The molecule has 0 unspecified atom stereocenters. The van der Waals surface area contributed by atoms with Gasteiger partial charge in [0.2, 0.25) is 0 Å². The first kappa shape index (κ1) is 11.5. The van der Waals surface area contributed by atoms with E-state index in [1.54, 1.807) is 0 Å². The molecule has 1 aliphatic rings. The van der Waals surface area contributed by atoms with E-state index in [0.29, 0.717) is 0 Å². The molecule has 1 N–H and O–H groups in total. The van der Waals surface area contributed by atoms with Crippen LogP contribution in [0.3, 0.4) is 0 Å². The van der Waals surface area contributed by atoms with Crippen molar-refractivity contribution < 1.29 is 0 Å². The molecule has 0 aliphatic carbocycles. The van der Waals surface area contributed by atoms with Crippen LogP contribution in [0.1, 0.15) is 5.56 Å². The third kappa shape index (κ3) is 1.77. The second-order valence-electron chi connectivity index (χ2n) is 5.00. The maximum atomic E-state index is 4.37. The summed E-state index contributed by atoms with van der Waals surface area (Å²) in [5.74, 6) is 1.16. The normalized spacial score (nSPS) is 15.1. The predicted molar refractivity (Wildman–Crippen MR) is 80.3 cm³/mol. The van der Waals surface area contributed by atoms with Gasteiger partial charge in [-0.25, -0.2) is 4.98 Å². The first-order valence-electron chi connectivity index (χ1n) is 6.92. The van der Waals surface area contributed by atoms with E-state index in [-0.39, 0.29) is 0 Å². The van der Waals surface area contributed by atoms with Crippen LogP contribution in [0.25, 0.3) is 5.65 Å². The Morgan fingerprint density at radius 1 is 1.05 bits per heavy atom. The quantitative estimate of drug-likeness (QED) is 0.733. The van der Waals surface area contributed by atoms with Crippen LogP contribution >= 0.6 is 0 Å². The topological polar surface area (TPSA) is 32.6 Å². The molecular formula is C16H16N4. The zero-order valence-corrected chi connectivity index (χ0v) is 11.2. The fourth-order valence-corrected chi connectivity index (χ4v) is 2.85. The molecule has 100 valence electrons. The van der Waals surface area contributed by atoms with Gasteiger partial charge in [0.05, 0.1) is 0 Å². The van der Waals surface area contributed by atoms with E-state index in [2.05, 4.69) is 56.0 Å². The largest absolute Gasteiger partial charge is 0.326 e. The number of anilines is 2. The number of aromatic nitrogens is 2. The van der Waals surface area contributed by atoms with Crippen molar-refractivity contribution in [2.45, 2.75) is 6.54 Å². The summed E-state index contributed by atoms with van der Waals surface area (Å²) in [6.07, 6.45) is 3.87. The first-order valence-corrected chi connectivity index (χ1v) is 6.92. The molecule has 1 aromatic carbocycles. The summed E-state index contributed by atoms with van der Waals surface area (Å²) >= 11 is 0. The van der Waals surface area contributed by atoms with Crippen LogP contribution in [0, 0.1) is 0 Å². The van der Waals surface area contributed by atoms with E-state index in [9.17, 15) is 0 Å². The van der Waals surface area contributed by atoms with Crippen LogP contribution in [0.4, 0.5) is 11.5 Å². The van der Waals surface area contributed by atoms with Gasteiger partial charge >= 0.3 is 0 Å². The molecule has 4 nitrogen and oxygen atoms in total. The Morgan fingerprint density at radius 3 is 3.00 bits per heavy atom. The van der Waals surface area contributed by atoms with Crippen molar-refractivity contribution in [3.8, 4) is 0 Å². The zero-order chi connectivity index (χ0) is 13.4. The second kappa shape index (κ2) is 4.65. The number of hydrogen-bond acceptors (Lipinski definition) is 3. The Bertz CT molecular complexity index is 747. The highest BCUT2D eigenvalue weighted by Crippen LogP contribution is 2.29. The minimum atomic E-state index is 0.923. The number of para-hydroxylation sites is 1. The number of nitrogens with one attached hydrogen (secondary N) is 1. The lowest BCUT2D eigenvalue weighted by Crippen LogP contribution is -2.25. The Morgan fingerprint density at radius 2 is 2.00 bits per heavy atom. The standard InChI is InChI=1S/C16H16N4/c1-2-5-14-13(4-1)12-17-8-10-19(14)16-7-3-6-15-18-9-11-20(15)16/h1-7,9,11,17H,8,10,12H2.